The van der Waals surface area contributed by atoms with Crippen molar-refractivity contribution < 1.29 is 8.78 Å². The van der Waals surface area contributed by atoms with Gasteiger partial charge in [-0.15, -0.1) is 0 Å². The van der Waals surface area contributed by atoms with Crippen molar-refractivity contribution in [2.24, 2.45) is 0 Å². The Kier molecular flexibility index (Phi) is 4.63. The Bertz CT molecular complexity index is 540. The lowest BCUT2D eigenvalue weighted by atomic mass is 10.1. The maximum atomic E-state index is 13.1. The molecule has 2 aromatic carbocycles. The predicted molar refractivity (Wildman–Crippen MR) is 72.9 cm³/mol. The highest BCUT2D eigenvalue weighted by molar-refractivity contribution is 5.20. The molecule has 1 nitrogen and oxygen atoms in total. The van der Waals surface area contributed by atoms with Gasteiger partial charge in [-0.2, -0.15) is 0 Å². The van der Waals surface area contributed by atoms with E-state index >= 15 is 0 Å². The molecule has 0 aromatic heterocycles. The highest BCUT2D eigenvalue weighted by Gasteiger charge is 2.05. The van der Waals surface area contributed by atoms with E-state index in [2.05, 4.69) is 5.32 Å². The van der Waals surface area contributed by atoms with Gasteiger partial charge < -0.3 is 5.32 Å². The van der Waals surface area contributed by atoms with E-state index < -0.39 is 0 Å². The van der Waals surface area contributed by atoms with Gasteiger partial charge in [0.25, 0.3) is 0 Å². The lowest BCUT2D eigenvalue weighted by molar-refractivity contribution is 0.565. The van der Waals surface area contributed by atoms with Gasteiger partial charge in [0.15, 0.2) is 0 Å². The second-order valence-corrected chi connectivity index (χ2v) is 4.61. The van der Waals surface area contributed by atoms with Gasteiger partial charge in [-0.05, 0) is 55.3 Å². The molecule has 0 radical (unpaired) electrons. The number of nitrogens with one attached hydrogen (secondary N) is 1. The Morgan fingerprint density at radius 2 is 1.68 bits per heavy atom. The maximum absolute atomic E-state index is 13.1. The molecular weight excluding hydrogens is 244 g/mol. The van der Waals surface area contributed by atoms with Crippen molar-refractivity contribution in [1.29, 1.82) is 0 Å². The lowest BCUT2D eigenvalue weighted by Crippen LogP contribution is -2.21. The van der Waals surface area contributed by atoms with Gasteiger partial charge in [-0.3, -0.25) is 0 Å². The third kappa shape index (κ3) is 4.14. The SMILES string of the molecule is CC(NCCc1cccc(F)c1)c1cccc(F)c1. The van der Waals surface area contributed by atoms with E-state index in [1.807, 2.05) is 19.1 Å². The smallest absolute Gasteiger partial charge is 0.123 e. The third-order valence-corrected chi connectivity index (χ3v) is 3.10. The third-order valence-electron chi connectivity index (χ3n) is 3.10. The van der Waals surface area contributed by atoms with Crippen LogP contribution in [0, 0.1) is 11.6 Å². The summed E-state index contributed by atoms with van der Waals surface area (Å²) >= 11 is 0. The van der Waals surface area contributed by atoms with Gasteiger partial charge >= 0.3 is 0 Å². The van der Waals surface area contributed by atoms with Crippen LogP contribution in [-0.2, 0) is 6.42 Å². The first-order chi connectivity index (χ1) is 9.15. The van der Waals surface area contributed by atoms with Crippen molar-refractivity contribution in [3.05, 3.63) is 71.3 Å². The molecule has 0 saturated heterocycles. The van der Waals surface area contributed by atoms with Crippen LogP contribution >= 0.6 is 0 Å². The first-order valence-corrected chi connectivity index (χ1v) is 6.38. The number of hydrogen-bond acceptors (Lipinski definition) is 1. The lowest BCUT2D eigenvalue weighted by Gasteiger charge is -2.14. The van der Waals surface area contributed by atoms with Crippen molar-refractivity contribution >= 4 is 0 Å². The van der Waals surface area contributed by atoms with Crippen LogP contribution < -0.4 is 5.32 Å². The molecule has 1 N–H and O–H groups in total. The zero-order valence-electron chi connectivity index (χ0n) is 10.9. The highest BCUT2D eigenvalue weighted by Crippen LogP contribution is 2.13. The molecule has 1 atom stereocenters. The van der Waals surface area contributed by atoms with Crippen molar-refractivity contribution in [3.63, 3.8) is 0 Å². The van der Waals surface area contributed by atoms with Gasteiger partial charge in [-0.25, -0.2) is 8.78 Å². The molecule has 0 aliphatic heterocycles. The second kappa shape index (κ2) is 6.43. The fraction of sp³-hybridized carbons (Fsp3) is 0.250. The van der Waals surface area contributed by atoms with Crippen LogP contribution in [0.3, 0.4) is 0 Å². The second-order valence-electron chi connectivity index (χ2n) is 4.61. The maximum Gasteiger partial charge on any atom is 0.123 e. The van der Waals surface area contributed by atoms with Gasteiger partial charge in [0.2, 0.25) is 0 Å². The first kappa shape index (κ1) is 13.7. The Morgan fingerprint density at radius 3 is 2.37 bits per heavy atom. The van der Waals surface area contributed by atoms with Crippen molar-refractivity contribution in [3.8, 4) is 0 Å². The molecule has 0 aliphatic carbocycles. The fourth-order valence-electron chi connectivity index (χ4n) is 2.02. The molecular formula is C16H17F2N. The van der Waals surface area contributed by atoms with E-state index in [9.17, 15) is 8.78 Å². The summed E-state index contributed by atoms with van der Waals surface area (Å²) < 4.78 is 26.1. The summed E-state index contributed by atoms with van der Waals surface area (Å²) in [7, 11) is 0. The van der Waals surface area contributed by atoms with Crippen LogP contribution in [0.5, 0.6) is 0 Å². The molecule has 0 bridgehead atoms. The molecule has 0 spiro atoms. The monoisotopic (exact) mass is 261 g/mol. The van der Waals surface area contributed by atoms with Crippen LogP contribution in [0.4, 0.5) is 8.78 Å². The molecule has 1 unspecified atom stereocenters. The minimum absolute atomic E-state index is 0.0734. The summed E-state index contributed by atoms with van der Waals surface area (Å²) in [5.41, 5.74) is 1.87. The Hall–Kier alpha value is -1.74. The first-order valence-electron chi connectivity index (χ1n) is 6.38. The van der Waals surface area contributed by atoms with E-state index in [1.54, 1.807) is 12.1 Å². The van der Waals surface area contributed by atoms with Crippen LogP contribution in [0.25, 0.3) is 0 Å². The van der Waals surface area contributed by atoms with Crippen LogP contribution in [0.15, 0.2) is 48.5 Å². The average Bonchev–Trinajstić information content (AvgIpc) is 2.38. The molecule has 100 valence electrons. The zero-order chi connectivity index (χ0) is 13.7. The van der Waals surface area contributed by atoms with E-state index in [0.29, 0.717) is 0 Å². The van der Waals surface area contributed by atoms with Crippen molar-refractivity contribution in [1.82, 2.24) is 5.32 Å². The van der Waals surface area contributed by atoms with Gasteiger partial charge in [-0.1, -0.05) is 24.3 Å². The number of halogens is 2. The Morgan fingerprint density at radius 1 is 1.00 bits per heavy atom. The molecule has 2 aromatic rings. The van der Waals surface area contributed by atoms with Crippen LogP contribution in [0.1, 0.15) is 24.1 Å². The summed E-state index contributed by atoms with van der Waals surface area (Å²) in [5, 5.41) is 3.30. The number of hydrogen-bond donors (Lipinski definition) is 1. The molecule has 0 fully saturated rings. The van der Waals surface area contributed by atoms with E-state index in [0.717, 1.165) is 24.1 Å². The summed E-state index contributed by atoms with van der Waals surface area (Å²) in [5.74, 6) is -0.438. The highest BCUT2D eigenvalue weighted by atomic mass is 19.1. The topological polar surface area (TPSA) is 12.0 Å². The Balaban J connectivity index is 1.85. The summed E-state index contributed by atoms with van der Waals surface area (Å²) in [6.45, 7) is 2.71. The van der Waals surface area contributed by atoms with E-state index in [1.165, 1.54) is 24.3 Å². The van der Waals surface area contributed by atoms with E-state index in [-0.39, 0.29) is 17.7 Å². The summed E-state index contributed by atoms with van der Waals surface area (Å²) in [6.07, 6.45) is 0.747. The van der Waals surface area contributed by atoms with E-state index in [4.69, 9.17) is 0 Å². The average molecular weight is 261 g/mol. The molecule has 2 rings (SSSR count). The van der Waals surface area contributed by atoms with Crippen molar-refractivity contribution in [2.45, 2.75) is 19.4 Å². The Labute approximate surface area is 112 Å². The zero-order valence-corrected chi connectivity index (χ0v) is 10.9. The largest absolute Gasteiger partial charge is 0.310 e. The van der Waals surface area contributed by atoms with Gasteiger partial charge in [0, 0.05) is 6.04 Å². The molecule has 0 aliphatic rings. The predicted octanol–water partition coefficient (Wildman–Crippen LogP) is 3.86. The van der Waals surface area contributed by atoms with Crippen LogP contribution in [-0.4, -0.2) is 6.54 Å². The minimum atomic E-state index is -0.226. The number of rotatable bonds is 5. The molecule has 0 heterocycles. The van der Waals surface area contributed by atoms with Crippen molar-refractivity contribution in [2.75, 3.05) is 6.54 Å². The minimum Gasteiger partial charge on any atom is -0.310 e. The molecule has 19 heavy (non-hydrogen) atoms. The fourth-order valence-corrected chi connectivity index (χ4v) is 2.02. The normalized spacial score (nSPS) is 12.4. The summed E-state index contributed by atoms with van der Waals surface area (Å²) in [6, 6.07) is 13.2. The molecule has 0 saturated carbocycles. The quantitative estimate of drug-likeness (QED) is 0.861. The molecule has 0 amide bonds. The number of benzene rings is 2. The molecule has 3 heteroatoms. The standard InChI is InChI=1S/C16H17F2N/c1-12(14-5-3-7-16(18)11-14)19-9-8-13-4-2-6-15(17)10-13/h2-7,10-12,19H,8-9H2,1H3. The summed E-state index contributed by atoms with van der Waals surface area (Å²) in [4.78, 5) is 0. The van der Waals surface area contributed by atoms with Crippen LogP contribution in [0.2, 0.25) is 0 Å². The van der Waals surface area contributed by atoms with Gasteiger partial charge in [0.1, 0.15) is 11.6 Å². The van der Waals surface area contributed by atoms with Gasteiger partial charge in [0.05, 0.1) is 0 Å².